The van der Waals surface area contributed by atoms with Crippen LogP contribution in [0.5, 0.6) is 0 Å². The van der Waals surface area contributed by atoms with Gasteiger partial charge in [0.15, 0.2) is 0 Å². The minimum Gasteiger partial charge on any atom is -0.0925 e. The van der Waals surface area contributed by atoms with Crippen LogP contribution in [0, 0.1) is 23.2 Å². The molecule has 0 aromatic rings. The monoisotopic (exact) mass is 226 g/mol. The molecule has 3 saturated carbocycles. The molecule has 2 heteroatoms. The van der Waals surface area contributed by atoms with Gasteiger partial charge in [0.25, 0.3) is 0 Å². The van der Waals surface area contributed by atoms with Gasteiger partial charge in [0.1, 0.15) is 0 Å². The molecular weight excluding hydrogens is 211 g/mol. The maximum absolute atomic E-state index is 6.10. The predicted molar refractivity (Wildman–Crippen MR) is 56.8 cm³/mol. The highest BCUT2D eigenvalue weighted by Gasteiger charge is 2.55. The highest BCUT2D eigenvalue weighted by molar-refractivity contribution is 9.09. The Morgan fingerprint density at radius 2 is 2.08 bits per heavy atom. The Hall–Kier alpha value is 0.545. The first-order chi connectivity index (χ1) is 5.57. The molecule has 0 aliphatic heterocycles. The van der Waals surface area contributed by atoms with E-state index >= 15 is 0 Å². The van der Waals surface area contributed by atoms with Crippen LogP contribution in [-0.4, -0.2) is 13.2 Å². The lowest BCUT2D eigenvalue weighted by atomic mass is 9.41. The third kappa shape index (κ3) is 1.03. The van der Waals surface area contributed by atoms with Gasteiger partial charge in [0.2, 0.25) is 0 Å². The van der Waals surface area contributed by atoms with Gasteiger partial charge in [0, 0.05) is 5.33 Å². The van der Waals surface area contributed by atoms with Crippen LogP contribution in [0.25, 0.3) is 0 Å². The van der Waals surface area contributed by atoms with E-state index in [2.05, 4.69) is 29.8 Å². The summed E-state index contributed by atoms with van der Waals surface area (Å²) in [6.45, 7) is 4.82. The summed E-state index contributed by atoms with van der Waals surface area (Å²) in [4.78, 5) is 0. The van der Waals surface area contributed by atoms with E-state index in [4.69, 9.17) is 7.85 Å². The van der Waals surface area contributed by atoms with Crippen LogP contribution in [0.4, 0.5) is 0 Å². The van der Waals surface area contributed by atoms with Gasteiger partial charge in [-0.2, -0.15) is 0 Å². The lowest BCUT2D eigenvalue weighted by Gasteiger charge is -2.62. The number of halogens is 1. The van der Waals surface area contributed by atoms with E-state index in [1.165, 1.54) is 12.8 Å². The van der Waals surface area contributed by atoms with Crippen LogP contribution in [0.3, 0.4) is 0 Å². The first-order valence-electron chi connectivity index (χ1n) is 4.89. The zero-order valence-corrected chi connectivity index (χ0v) is 9.47. The fourth-order valence-corrected chi connectivity index (χ4v) is 4.14. The van der Waals surface area contributed by atoms with Crippen molar-refractivity contribution in [3.8, 4) is 0 Å². The molecule has 2 unspecified atom stereocenters. The smallest absolute Gasteiger partial charge is 0.0703 e. The van der Waals surface area contributed by atoms with Crippen molar-refractivity contribution in [2.45, 2.75) is 32.5 Å². The summed E-state index contributed by atoms with van der Waals surface area (Å²) in [5, 5.41) is 1.09. The first-order valence-corrected chi connectivity index (χ1v) is 6.01. The molecule has 0 aromatic carbocycles. The molecule has 4 atom stereocenters. The van der Waals surface area contributed by atoms with Crippen molar-refractivity contribution in [3.63, 3.8) is 0 Å². The standard InChI is InChI=1S/C10H16BBr/c1-10(2)6-3-8(10)7(5-12)9(11)4-6/h6-9H,3-5H2,1-2H3/t6?,7-,8?,9-/m1/s1. The van der Waals surface area contributed by atoms with Crippen LogP contribution >= 0.6 is 15.9 Å². The van der Waals surface area contributed by atoms with Crippen molar-refractivity contribution in [1.82, 2.24) is 0 Å². The number of alkyl halides is 1. The summed E-state index contributed by atoms with van der Waals surface area (Å²) in [5.74, 6) is 2.98. The molecule has 0 aromatic heterocycles. The zero-order chi connectivity index (χ0) is 8.93. The van der Waals surface area contributed by atoms with Crippen molar-refractivity contribution in [3.05, 3.63) is 0 Å². The average molecular weight is 227 g/mol. The number of hydrogen-bond acceptors (Lipinski definition) is 0. The Morgan fingerprint density at radius 3 is 2.50 bits per heavy atom. The molecule has 3 aliphatic carbocycles. The van der Waals surface area contributed by atoms with Gasteiger partial charge in [-0.25, -0.2) is 0 Å². The van der Waals surface area contributed by atoms with E-state index in [1.807, 2.05) is 0 Å². The van der Waals surface area contributed by atoms with E-state index < -0.39 is 0 Å². The van der Waals surface area contributed by atoms with Crippen LogP contribution < -0.4 is 0 Å². The third-order valence-corrected chi connectivity index (χ3v) is 5.10. The Morgan fingerprint density at radius 1 is 1.42 bits per heavy atom. The van der Waals surface area contributed by atoms with Crippen LogP contribution in [0.15, 0.2) is 0 Å². The molecule has 3 aliphatic rings. The Kier molecular flexibility index (Phi) is 2.10. The summed E-state index contributed by atoms with van der Waals surface area (Å²) in [6.07, 6.45) is 2.68. The fraction of sp³-hybridized carbons (Fsp3) is 1.00. The molecule has 0 saturated heterocycles. The zero-order valence-electron chi connectivity index (χ0n) is 7.89. The van der Waals surface area contributed by atoms with Gasteiger partial charge in [-0.1, -0.05) is 42.0 Å². The normalized spacial score (nSPS) is 49.9. The van der Waals surface area contributed by atoms with E-state index in [9.17, 15) is 0 Å². The topological polar surface area (TPSA) is 0 Å². The van der Waals surface area contributed by atoms with Gasteiger partial charge in [-0.3, -0.25) is 0 Å². The lowest BCUT2D eigenvalue weighted by molar-refractivity contribution is -0.0962. The van der Waals surface area contributed by atoms with Crippen LogP contribution in [0.1, 0.15) is 26.7 Å². The van der Waals surface area contributed by atoms with E-state index in [1.54, 1.807) is 0 Å². The minimum absolute atomic E-state index is 0.459. The molecule has 2 bridgehead atoms. The van der Waals surface area contributed by atoms with Crippen molar-refractivity contribution >= 4 is 23.8 Å². The fourth-order valence-electron chi connectivity index (χ4n) is 3.21. The maximum Gasteiger partial charge on any atom is 0.0703 e. The van der Waals surface area contributed by atoms with Gasteiger partial charge < -0.3 is 0 Å². The van der Waals surface area contributed by atoms with E-state index in [0.717, 1.165) is 23.1 Å². The van der Waals surface area contributed by atoms with Gasteiger partial charge in [0.05, 0.1) is 7.85 Å². The lowest BCUT2D eigenvalue weighted by Crippen LogP contribution is -2.54. The second kappa shape index (κ2) is 2.77. The van der Waals surface area contributed by atoms with Crippen LogP contribution in [-0.2, 0) is 0 Å². The molecule has 3 fully saturated rings. The molecular formula is C10H16BBr. The SMILES string of the molecule is [B][C@@H]1CC2CC([C@H]1CBr)C2(C)C. The average Bonchev–Trinajstić information content (AvgIpc) is 2.03. The van der Waals surface area contributed by atoms with Gasteiger partial charge in [-0.05, 0) is 29.6 Å². The second-order valence-electron chi connectivity index (χ2n) is 5.08. The molecule has 0 spiro atoms. The molecule has 0 nitrogen and oxygen atoms in total. The number of hydrogen-bond donors (Lipinski definition) is 0. The number of rotatable bonds is 1. The highest BCUT2D eigenvalue weighted by Crippen LogP contribution is 2.64. The van der Waals surface area contributed by atoms with Crippen molar-refractivity contribution in [2.75, 3.05) is 5.33 Å². The predicted octanol–water partition coefficient (Wildman–Crippen LogP) is 3.02. The van der Waals surface area contributed by atoms with E-state index in [-0.39, 0.29) is 0 Å². The minimum atomic E-state index is 0.459. The Labute approximate surface area is 85.0 Å². The van der Waals surface area contributed by atoms with Crippen molar-refractivity contribution in [2.24, 2.45) is 23.2 Å². The Bertz CT molecular complexity index is 190. The van der Waals surface area contributed by atoms with Crippen molar-refractivity contribution < 1.29 is 0 Å². The second-order valence-corrected chi connectivity index (χ2v) is 5.73. The molecule has 2 radical (unpaired) electrons. The molecule has 66 valence electrons. The van der Waals surface area contributed by atoms with Gasteiger partial charge in [-0.15, -0.1) is 0 Å². The molecule has 0 N–H and O–H groups in total. The van der Waals surface area contributed by atoms with Crippen LogP contribution in [0.2, 0.25) is 5.82 Å². The highest BCUT2D eigenvalue weighted by atomic mass is 79.9. The third-order valence-electron chi connectivity index (χ3n) is 4.35. The van der Waals surface area contributed by atoms with E-state index in [0.29, 0.717) is 11.2 Å². The van der Waals surface area contributed by atoms with Crippen molar-refractivity contribution in [1.29, 1.82) is 0 Å². The summed E-state index contributed by atoms with van der Waals surface area (Å²) in [5.41, 5.74) is 0.578. The van der Waals surface area contributed by atoms with Gasteiger partial charge >= 0.3 is 0 Å². The quantitative estimate of drug-likeness (QED) is 0.477. The number of fused-ring (bicyclic) bond motifs is 2. The molecule has 12 heavy (non-hydrogen) atoms. The molecule has 0 heterocycles. The molecule has 0 amide bonds. The largest absolute Gasteiger partial charge is 0.0925 e. The summed E-state index contributed by atoms with van der Waals surface area (Å²) in [7, 11) is 6.10. The Balaban J connectivity index is 2.15. The summed E-state index contributed by atoms with van der Waals surface area (Å²) < 4.78 is 0. The first kappa shape index (κ1) is 9.11. The summed E-state index contributed by atoms with van der Waals surface area (Å²) >= 11 is 3.59. The summed E-state index contributed by atoms with van der Waals surface area (Å²) in [6, 6.07) is 0. The molecule has 3 rings (SSSR count). The maximum atomic E-state index is 6.10.